The number of carbonyl (C=O) groups is 3. The number of ether oxygens (including phenoxy) is 3. The van der Waals surface area contributed by atoms with Gasteiger partial charge in [0, 0.05) is 10.8 Å². The average Bonchev–Trinajstić information content (AvgIpc) is 2.97. The summed E-state index contributed by atoms with van der Waals surface area (Å²) in [7, 11) is 4.48. The van der Waals surface area contributed by atoms with Crippen molar-refractivity contribution in [3.8, 4) is 17.2 Å². The van der Waals surface area contributed by atoms with E-state index in [1.807, 2.05) is 0 Å². The van der Waals surface area contributed by atoms with Crippen LogP contribution < -0.4 is 54.2 Å². The van der Waals surface area contributed by atoms with Gasteiger partial charge in [0.25, 0.3) is 0 Å². The molecule has 3 rings (SSSR count). The van der Waals surface area contributed by atoms with E-state index in [1.54, 1.807) is 32.1 Å². The van der Waals surface area contributed by atoms with Crippen LogP contribution in [0.2, 0.25) is 0 Å². The van der Waals surface area contributed by atoms with E-state index >= 15 is 0 Å². The van der Waals surface area contributed by atoms with E-state index in [-0.39, 0.29) is 29.6 Å². The molecule has 2 fully saturated rings. The molecule has 11 heteroatoms. The second-order valence-corrected chi connectivity index (χ2v) is 9.13. The number of fused-ring (bicyclic) bond motifs is 1. The second-order valence-electron chi connectivity index (χ2n) is 7.36. The summed E-state index contributed by atoms with van der Waals surface area (Å²) in [5.74, 6) is -0.876. The zero-order valence-corrected chi connectivity index (χ0v) is 21.1. The number of nitrogens with zero attached hydrogens (tertiary/aromatic N) is 1. The first-order valence-electron chi connectivity index (χ1n) is 9.14. The van der Waals surface area contributed by atoms with Crippen molar-refractivity contribution in [2.45, 2.75) is 36.1 Å². The number of carboxylic acids is 1. The topological polar surface area (TPSA) is 117 Å². The van der Waals surface area contributed by atoms with Crippen LogP contribution in [0.3, 0.4) is 0 Å². The molecule has 0 spiro atoms. The number of nitrogens with one attached hydrogen (secondary N) is 1. The Kier molecular flexibility index (Phi) is 7.96. The number of rotatable bonds is 7. The van der Waals surface area contributed by atoms with Gasteiger partial charge in [0.2, 0.25) is 17.6 Å². The third-order valence-corrected chi connectivity index (χ3v) is 6.65. The molecule has 0 bridgehead atoms. The molecule has 1 N–H and O–H groups in total. The molecule has 1 aromatic carbocycles. The third-order valence-electron chi connectivity index (χ3n) is 5.08. The predicted molar refractivity (Wildman–Crippen MR) is 108 cm³/mol. The molecular formula is C20H23N2NaO7S. The molecule has 2 aliphatic heterocycles. The monoisotopic (exact) mass is 458 g/mol. The van der Waals surface area contributed by atoms with Crippen molar-refractivity contribution in [3.05, 3.63) is 23.8 Å². The van der Waals surface area contributed by atoms with Crippen molar-refractivity contribution in [3.63, 3.8) is 0 Å². The number of benzene rings is 1. The van der Waals surface area contributed by atoms with Crippen molar-refractivity contribution < 1.29 is 63.3 Å². The normalized spacial score (nSPS) is 23.5. The van der Waals surface area contributed by atoms with Gasteiger partial charge in [0.15, 0.2) is 11.5 Å². The Bertz CT molecular complexity index is 896. The molecular weight excluding hydrogens is 435 g/mol. The van der Waals surface area contributed by atoms with Gasteiger partial charge >= 0.3 is 29.6 Å². The second kappa shape index (κ2) is 9.72. The molecule has 2 aliphatic rings. The summed E-state index contributed by atoms with van der Waals surface area (Å²) in [6.07, 6.45) is 2.84. The minimum Gasteiger partial charge on any atom is -0.548 e. The summed E-state index contributed by atoms with van der Waals surface area (Å²) >= 11 is 1.33. The van der Waals surface area contributed by atoms with Crippen LogP contribution in [0.15, 0.2) is 18.2 Å². The Morgan fingerprint density at radius 2 is 1.74 bits per heavy atom. The van der Waals surface area contributed by atoms with Gasteiger partial charge in [0.05, 0.1) is 33.3 Å². The van der Waals surface area contributed by atoms with Crippen LogP contribution in [-0.2, 0) is 14.4 Å². The van der Waals surface area contributed by atoms with E-state index < -0.39 is 40.0 Å². The number of β-lactam (4-membered cyclic amide) rings is 1. The smallest absolute Gasteiger partial charge is 0.548 e. The first-order chi connectivity index (χ1) is 14.1. The van der Waals surface area contributed by atoms with Gasteiger partial charge in [-0.05, 0) is 37.6 Å². The van der Waals surface area contributed by atoms with Crippen LogP contribution in [0.4, 0.5) is 0 Å². The van der Waals surface area contributed by atoms with E-state index in [0.29, 0.717) is 22.8 Å². The van der Waals surface area contributed by atoms with E-state index in [4.69, 9.17) is 14.2 Å². The summed E-state index contributed by atoms with van der Waals surface area (Å²) in [6.45, 7) is 3.49. The number of hydrogen-bond acceptors (Lipinski definition) is 8. The molecule has 162 valence electrons. The Morgan fingerprint density at radius 1 is 1.16 bits per heavy atom. The first-order valence-corrected chi connectivity index (χ1v) is 10.0. The summed E-state index contributed by atoms with van der Waals surface area (Å²) in [5.41, 5.74) is 0.634. The molecule has 1 aromatic rings. The van der Waals surface area contributed by atoms with Gasteiger partial charge < -0.3 is 34.3 Å². The first kappa shape index (κ1) is 25.4. The summed E-state index contributed by atoms with van der Waals surface area (Å²) in [4.78, 5) is 37.5. The van der Waals surface area contributed by atoms with Crippen molar-refractivity contribution >= 4 is 35.6 Å². The van der Waals surface area contributed by atoms with Crippen LogP contribution >= 0.6 is 11.8 Å². The molecule has 2 amide bonds. The Morgan fingerprint density at radius 3 is 2.23 bits per heavy atom. The number of aliphatic carboxylic acids is 1. The van der Waals surface area contributed by atoms with E-state index in [9.17, 15) is 19.5 Å². The van der Waals surface area contributed by atoms with E-state index in [0.717, 1.165) is 0 Å². The van der Waals surface area contributed by atoms with Crippen LogP contribution in [0.25, 0.3) is 6.08 Å². The molecule has 31 heavy (non-hydrogen) atoms. The average molecular weight is 458 g/mol. The zero-order valence-electron chi connectivity index (χ0n) is 18.3. The number of hydrogen-bond donors (Lipinski definition) is 1. The van der Waals surface area contributed by atoms with Crippen LogP contribution in [-0.4, -0.2) is 66.2 Å². The molecule has 9 nitrogen and oxygen atoms in total. The molecule has 0 saturated carbocycles. The molecule has 0 aromatic heterocycles. The Labute approximate surface area is 206 Å². The Balaban J connectivity index is 0.00000341. The number of methoxy groups -OCH3 is 3. The van der Waals surface area contributed by atoms with Crippen molar-refractivity contribution in [2.24, 2.45) is 0 Å². The van der Waals surface area contributed by atoms with Crippen LogP contribution in [0.5, 0.6) is 17.2 Å². The number of carbonyl (C=O) groups excluding carboxylic acids is 3. The van der Waals surface area contributed by atoms with E-state index in [1.165, 1.54) is 44.1 Å². The maximum Gasteiger partial charge on any atom is 1.00 e. The van der Waals surface area contributed by atoms with Gasteiger partial charge in [0.1, 0.15) is 11.4 Å². The standard InChI is InChI=1S/C20H24N2O7S.Na/c1-20(2)16(19(25)26)22-17(24)14(18(22)30-20)21-13(23)7-6-10-8-11(27-3)15(29-5)12(9-10)28-4;/h6-9,14,16,18H,1-5H3,(H,21,23)(H,25,26);/q;+1/p-1/b7-6+;/t14-,16+,18-;/m1./s1. The summed E-state index contributed by atoms with van der Waals surface area (Å²) in [5, 5.41) is 13.7. The molecule has 0 radical (unpaired) electrons. The van der Waals surface area contributed by atoms with Crippen molar-refractivity contribution in [1.82, 2.24) is 10.2 Å². The van der Waals surface area contributed by atoms with Crippen LogP contribution in [0.1, 0.15) is 19.4 Å². The number of thioether (sulfide) groups is 1. The SMILES string of the molecule is COc1cc(/C=C/C(=O)N[C@@H]2C(=O)N3[C@@H]2SC(C)(C)[C@@H]3C(=O)[O-])cc(OC)c1OC.[Na+]. The van der Waals surface area contributed by atoms with Gasteiger partial charge in [-0.2, -0.15) is 0 Å². The van der Waals surface area contributed by atoms with E-state index in [2.05, 4.69) is 5.32 Å². The zero-order chi connectivity index (χ0) is 22.2. The van der Waals surface area contributed by atoms with Crippen LogP contribution in [0, 0.1) is 0 Å². The fraction of sp³-hybridized carbons (Fsp3) is 0.450. The number of carboxylic acid groups (broad SMARTS) is 1. The van der Waals surface area contributed by atoms with Gasteiger partial charge in [-0.25, -0.2) is 0 Å². The van der Waals surface area contributed by atoms with Gasteiger partial charge in [-0.15, -0.1) is 11.8 Å². The minimum atomic E-state index is -1.30. The molecule has 3 atom stereocenters. The minimum absolute atomic E-state index is 0. The largest absolute Gasteiger partial charge is 1.00 e. The fourth-order valence-corrected chi connectivity index (χ4v) is 5.32. The summed E-state index contributed by atoms with van der Waals surface area (Å²) in [6, 6.07) is 1.56. The van der Waals surface area contributed by atoms with Crippen molar-refractivity contribution in [1.29, 1.82) is 0 Å². The predicted octanol–water partition coefficient (Wildman–Crippen LogP) is -2.97. The van der Waals surface area contributed by atoms with Crippen molar-refractivity contribution in [2.75, 3.05) is 21.3 Å². The number of amides is 2. The maximum absolute atomic E-state index is 12.4. The molecule has 2 saturated heterocycles. The van der Waals surface area contributed by atoms with Gasteiger partial charge in [-0.3, -0.25) is 9.59 Å². The molecule has 0 unspecified atom stereocenters. The fourth-order valence-electron chi connectivity index (χ4n) is 3.70. The molecule has 2 heterocycles. The summed E-state index contributed by atoms with van der Waals surface area (Å²) < 4.78 is 15.1. The molecule has 0 aliphatic carbocycles. The quantitative estimate of drug-likeness (QED) is 0.262. The third kappa shape index (κ3) is 4.67. The Hall–Kier alpha value is -1.88. The maximum atomic E-state index is 12.4. The van der Waals surface area contributed by atoms with Gasteiger partial charge in [-0.1, -0.05) is 0 Å².